The highest BCUT2D eigenvalue weighted by molar-refractivity contribution is 7.66. The molecular formula is C9H15N2O14P3. The topological polar surface area (TPSA) is 244 Å². The molecule has 1 aromatic rings. The first-order valence-corrected chi connectivity index (χ1v) is 11.7. The molecule has 160 valence electrons. The minimum Gasteiger partial charge on any atom is -0.396 e. The van der Waals surface area contributed by atoms with Crippen molar-refractivity contribution >= 4 is 23.5 Å². The first kappa shape index (κ1) is 23.1. The largest absolute Gasteiger partial charge is 0.536 e. The van der Waals surface area contributed by atoms with Gasteiger partial charge in [-0.1, -0.05) is 0 Å². The quantitative estimate of drug-likeness (QED) is 0.248. The molecule has 0 bridgehead atoms. The van der Waals surface area contributed by atoms with Crippen molar-refractivity contribution in [3.05, 3.63) is 27.0 Å². The van der Waals surface area contributed by atoms with Gasteiger partial charge in [0.05, 0.1) is 18.9 Å². The Balaban J connectivity index is 2.25. The van der Waals surface area contributed by atoms with Gasteiger partial charge in [-0.25, -0.2) is 18.5 Å². The molecule has 4 atom stereocenters. The number of H-pyrrole nitrogens is 1. The van der Waals surface area contributed by atoms with Gasteiger partial charge in [-0.3, -0.25) is 19.2 Å². The van der Waals surface area contributed by atoms with E-state index in [1.807, 2.05) is 0 Å². The Hall–Kier alpha value is -1.15. The van der Waals surface area contributed by atoms with Crippen LogP contribution in [-0.4, -0.2) is 46.9 Å². The number of rotatable bonds is 8. The third-order valence-corrected chi connectivity index (χ3v) is 6.92. The number of aromatic nitrogens is 2. The maximum atomic E-state index is 11.9. The Morgan fingerprint density at radius 2 is 1.75 bits per heavy atom. The molecule has 19 heteroatoms. The first-order valence-electron chi connectivity index (χ1n) is 7.16. The second-order valence-corrected chi connectivity index (χ2v) is 9.66. The van der Waals surface area contributed by atoms with Gasteiger partial charge in [0, 0.05) is 0 Å². The third kappa shape index (κ3) is 6.44. The molecule has 28 heavy (non-hydrogen) atoms. The number of nitrogens with one attached hydrogen (secondary N) is 1. The molecule has 16 nitrogen and oxygen atoms in total. The SMILES string of the molecule is O=c1[nH]c(=O)n([C@H]2CC[C@@H](CO)O2)cc1OP(=O)(O)OP(=O)(O)OP(=O)(O)O. The van der Waals surface area contributed by atoms with Crippen LogP contribution in [0.5, 0.6) is 5.75 Å². The van der Waals surface area contributed by atoms with Gasteiger partial charge in [-0.05, 0) is 12.8 Å². The van der Waals surface area contributed by atoms with Crippen LogP contribution in [0.1, 0.15) is 19.1 Å². The van der Waals surface area contributed by atoms with Gasteiger partial charge in [0.15, 0.2) is 0 Å². The second-order valence-electron chi connectivity index (χ2n) is 5.31. The zero-order chi connectivity index (χ0) is 21.3. The van der Waals surface area contributed by atoms with Gasteiger partial charge in [-0.15, -0.1) is 0 Å². The van der Waals surface area contributed by atoms with Crippen molar-refractivity contribution in [2.45, 2.75) is 25.2 Å². The van der Waals surface area contributed by atoms with E-state index in [0.717, 1.165) is 4.57 Å². The van der Waals surface area contributed by atoms with Crippen LogP contribution >= 0.6 is 23.5 Å². The predicted octanol–water partition coefficient (Wildman–Crippen LogP) is -1.09. The molecule has 0 spiro atoms. The van der Waals surface area contributed by atoms with Gasteiger partial charge >= 0.3 is 29.2 Å². The van der Waals surface area contributed by atoms with Crippen LogP contribution in [0.2, 0.25) is 0 Å². The molecule has 2 unspecified atom stereocenters. The van der Waals surface area contributed by atoms with Gasteiger partial charge in [-0.2, -0.15) is 8.62 Å². The number of phosphoric acid groups is 3. The summed E-state index contributed by atoms with van der Waals surface area (Å²) in [5, 5.41) is 9.04. The molecule has 2 rings (SSSR count). The first-order chi connectivity index (χ1) is 12.7. The summed E-state index contributed by atoms with van der Waals surface area (Å²) in [5.41, 5.74) is -2.30. The molecular weight excluding hydrogens is 453 g/mol. The lowest BCUT2D eigenvalue weighted by Crippen LogP contribution is -2.33. The zero-order valence-corrected chi connectivity index (χ0v) is 16.2. The van der Waals surface area contributed by atoms with Crippen LogP contribution in [0.3, 0.4) is 0 Å². The summed E-state index contributed by atoms with van der Waals surface area (Å²) in [6.45, 7) is -0.330. The monoisotopic (exact) mass is 468 g/mol. The highest BCUT2D eigenvalue weighted by atomic mass is 31.3. The third-order valence-electron chi connectivity index (χ3n) is 3.16. The van der Waals surface area contributed by atoms with Gasteiger partial charge < -0.3 is 29.0 Å². The van der Waals surface area contributed by atoms with E-state index in [0.29, 0.717) is 12.6 Å². The van der Waals surface area contributed by atoms with E-state index in [2.05, 4.69) is 13.1 Å². The number of aliphatic hydroxyl groups is 1. The molecule has 0 aliphatic carbocycles. The van der Waals surface area contributed by atoms with Gasteiger partial charge in [0.25, 0.3) is 5.56 Å². The van der Waals surface area contributed by atoms with Crippen molar-refractivity contribution in [2.24, 2.45) is 0 Å². The fourth-order valence-corrected chi connectivity index (χ4v) is 5.21. The molecule has 0 aromatic carbocycles. The molecule has 0 amide bonds. The number of phosphoric ester groups is 1. The second kappa shape index (κ2) is 8.30. The van der Waals surface area contributed by atoms with Gasteiger partial charge in [0.2, 0.25) is 5.75 Å². The summed E-state index contributed by atoms with van der Waals surface area (Å²) < 4.78 is 51.1. The van der Waals surface area contributed by atoms with E-state index in [4.69, 9.17) is 24.5 Å². The Morgan fingerprint density at radius 1 is 1.11 bits per heavy atom. The summed E-state index contributed by atoms with van der Waals surface area (Å²) in [6.07, 6.45) is -0.261. The van der Waals surface area contributed by atoms with Crippen LogP contribution in [0.4, 0.5) is 0 Å². The minimum atomic E-state index is -5.78. The van der Waals surface area contributed by atoms with E-state index in [1.165, 1.54) is 0 Å². The number of nitrogens with zero attached hydrogens (tertiary/aromatic N) is 1. The fraction of sp³-hybridized carbons (Fsp3) is 0.556. The number of hydrogen-bond donors (Lipinski definition) is 6. The summed E-state index contributed by atoms with van der Waals surface area (Å²) in [4.78, 5) is 60.8. The highest BCUT2D eigenvalue weighted by Gasteiger charge is 2.42. The van der Waals surface area contributed by atoms with Gasteiger partial charge in [0.1, 0.15) is 6.23 Å². The molecule has 0 saturated carbocycles. The molecule has 1 saturated heterocycles. The number of aromatic amines is 1. The Kier molecular flexibility index (Phi) is 6.86. The molecule has 1 aliphatic heterocycles. The Bertz CT molecular complexity index is 979. The lowest BCUT2D eigenvalue weighted by Gasteiger charge is -2.18. The molecule has 1 fully saturated rings. The smallest absolute Gasteiger partial charge is 0.396 e. The van der Waals surface area contributed by atoms with Crippen molar-refractivity contribution in [1.29, 1.82) is 0 Å². The van der Waals surface area contributed by atoms with Crippen LogP contribution in [0, 0.1) is 0 Å². The highest BCUT2D eigenvalue weighted by Crippen LogP contribution is 2.65. The number of ether oxygens (including phenoxy) is 1. The minimum absolute atomic E-state index is 0.242. The summed E-state index contributed by atoms with van der Waals surface area (Å²) in [7, 11) is -17.0. The van der Waals surface area contributed by atoms with E-state index in [-0.39, 0.29) is 13.0 Å². The van der Waals surface area contributed by atoms with Crippen molar-refractivity contribution < 1.29 is 56.3 Å². The van der Waals surface area contributed by atoms with Crippen LogP contribution in [-0.2, 0) is 27.1 Å². The summed E-state index contributed by atoms with van der Waals surface area (Å²) in [6, 6.07) is 0. The van der Waals surface area contributed by atoms with E-state index >= 15 is 0 Å². The van der Waals surface area contributed by atoms with E-state index in [1.54, 1.807) is 4.98 Å². The van der Waals surface area contributed by atoms with E-state index in [9.17, 15) is 28.2 Å². The molecule has 2 heterocycles. The molecule has 1 aromatic heterocycles. The molecule has 0 radical (unpaired) electrons. The van der Waals surface area contributed by atoms with Crippen molar-refractivity contribution in [1.82, 2.24) is 9.55 Å². The average Bonchev–Trinajstić information content (AvgIpc) is 2.94. The van der Waals surface area contributed by atoms with Crippen molar-refractivity contribution in [3.8, 4) is 5.75 Å². The number of aliphatic hydroxyl groups excluding tert-OH is 1. The summed E-state index contributed by atoms with van der Waals surface area (Å²) in [5.74, 6) is -1.02. The molecule has 6 N–H and O–H groups in total. The number of hydrogen-bond acceptors (Lipinski definition) is 10. The maximum absolute atomic E-state index is 11.9. The van der Waals surface area contributed by atoms with Crippen LogP contribution in [0.25, 0.3) is 0 Å². The standard InChI is InChI=1S/C9H15N2O14P3/c12-4-5-1-2-7(22-5)11-3-6(8(13)10-9(11)14)23-27(18,19)25-28(20,21)24-26(15,16)17/h3,5,7,12H,1-2,4H2,(H,18,19)(H,20,21)(H,10,13,14)(H2,15,16,17)/t5-,7+/m0/s1. The van der Waals surface area contributed by atoms with E-state index < -0.39 is 52.8 Å². The predicted molar refractivity (Wildman–Crippen MR) is 86.0 cm³/mol. The Morgan fingerprint density at radius 3 is 2.29 bits per heavy atom. The molecule has 1 aliphatic rings. The summed E-state index contributed by atoms with van der Waals surface area (Å²) >= 11 is 0. The Labute approximate surface area is 154 Å². The van der Waals surface area contributed by atoms with Crippen LogP contribution < -0.4 is 15.8 Å². The average molecular weight is 468 g/mol. The zero-order valence-electron chi connectivity index (χ0n) is 13.6. The van der Waals surface area contributed by atoms with Crippen LogP contribution in [0.15, 0.2) is 15.8 Å². The fourth-order valence-electron chi connectivity index (χ4n) is 2.19. The lowest BCUT2D eigenvalue weighted by atomic mass is 10.2. The van der Waals surface area contributed by atoms with Crippen molar-refractivity contribution in [2.75, 3.05) is 6.61 Å². The normalized spacial score (nSPS) is 24.5. The lowest BCUT2D eigenvalue weighted by molar-refractivity contribution is -0.0248. The van der Waals surface area contributed by atoms with Crippen molar-refractivity contribution in [3.63, 3.8) is 0 Å². The maximum Gasteiger partial charge on any atom is 0.536 e.